The summed E-state index contributed by atoms with van der Waals surface area (Å²) < 4.78 is 40.8. The molecule has 1 aliphatic carbocycles. The second kappa shape index (κ2) is 13.1. The molecule has 4 aromatic rings. The standard InChI is InChI=1S/C38H45F2N7O3/c1-4-31(48)47-21-38(22-47)12-16-46(17-13-38)36-27-18-26(24-7-8-24)33(32-23(3)6-9-29-28(32)19-41-44-29)35(49-20-30(39)40)34(27)42-37(43-36)50-25-10-14-45(5-2)15-11-25/h4,6,9,18-19,24-25,30H,1,5,7-8,10-17,20-22H2,2-3H3,(H,41,44). The average molecular weight is 686 g/mol. The highest BCUT2D eigenvalue weighted by molar-refractivity contribution is 6.06. The van der Waals surface area contributed by atoms with Crippen molar-refractivity contribution in [2.45, 2.75) is 70.8 Å². The summed E-state index contributed by atoms with van der Waals surface area (Å²) in [6.45, 7) is 12.9. The number of amides is 1. The maximum absolute atomic E-state index is 14.0. The first-order chi connectivity index (χ1) is 24.3. The number of piperidine rings is 2. The number of fused-ring (bicyclic) bond motifs is 2. The number of nitrogens with zero attached hydrogens (tertiary/aromatic N) is 6. The number of hydrogen-bond acceptors (Lipinski definition) is 8. The number of H-pyrrole nitrogens is 1. The number of aromatic amines is 1. The van der Waals surface area contributed by atoms with Crippen LogP contribution in [0, 0.1) is 12.3 Å². The van der Waals surface area contributed by atoms with Crippen LogP contribution in [0.5, 0.6) is 11.8 Å². The molecule has 10 nitrogen and oxygen atoms in total. The van der Waals surface area contributed by atoms with E-state index in [1.54, 1.807) is 6.20 Å². The van der Waals surface area contributed by atoms with Crippen LogP contribution < -0.4 is 14.4 Å². The predicted octanol–water partition coefficient (Wildman–Crippen LogP) is 6.48. The van der Waals surface area contributed by atoms with Crippen molar-refractivity contribution in [2.24, 2.45) is 5.41 Å². The molecule has 0 unspecified atom stereocenters. The molecule has 8 rings (SSSR count). The van der Waals surface area contributed by atoms with Gasteiger partial charge in [0.1, 0.15) is 24.0 Å². The van der Waals surface area contributed by atoms with Gasteiger partial charge in [0, 0.05) is 61.0 Å². The Kier molecular flexibility index (Phi) is 8.61. The molecule has 2 aromatic heterocycles. The van der Waals surface area contributed by atoms with E-state index in [1.807, 2.05) is 24.0 Å². The molecule has 1 saturated carbocycles. The highest BCUT2D eigenvalue weighted by atomic mass is 19.3. The van der Waals surface area contributed by atoms with Gasteiger partial charge in [0.05, 0.1) is 11.7 Å². The first-order valence-corrected chi connectivity index (χ1v) is 18.0. The van der Waals surface area contributed by atoms with Crippen molar-refractivity contribution in [3.05, 3.63) is 48.2 Å². The van der Waals surface area contributed by atoms with Gasteiger partial charge in [0.2, 0.25) is 5.91 Å². The molecule has 3 aliphatic heterocycles. The lowest BCUT2D eigenvalue weighted by molar-refractivity contribution is -0.139. The molecule has 1 amide bonds. The average Bonchev–Trinajstić information content (AvgIpc) is 3.85. The molecular formula is C38H45F2N7O3. The van der Waals surface area contributed by atoms with Crippen molar-refractivity contribution < 1.29 is 23.0 Å². The zero-order valence-electron chi connectivity index (χ0n) is 28.9. The first-order valence-electron chi connectivity index (χ1n) is 18.0. The summed E-state index contributed by atoms with van der Waals surface area (Å²) in [6.07, 6.45) is 6.03. The Bertz CT molecular complexity index is 1920. The lowest BCUT2D eigenvalue weighted by Crippen LogP contribution is -2.61. The minimum atomic E-state index is -2.66. The monoisotopic (exact) mass is 685 g/mol. The third kappa shape index (κ3) is 6.05. The SMILES string of the molecule is C=CC(=O)N1CC2(CCN(c3nc(OC4CCN(CC)CC4)nc4c(OCC(F)F)c(-c5c(C)ccc6[nH]ncc56)c(C5CC5)cc34)CC2)C1. The minimum absolute atomic E-state index is 0.0208. The maximum atomic E-state index is 14.0. The number of nitrogens with one attached hydrogen (secondary N) is 1. The Morgan fingerprint density at radius 3 is 2.52 bits per heavy atom. The van der Waals surface area contributed by atoms with Crippen LogP contribution in [-0.4, -0.2) is 101 Å². The minimum Gasteiger partial charge on any atom is -0.485 e. The van der Waals surface area contributed by atoms with Crippen LogP contribution in [0.3, 0.4) is 0 Å². The number of aryl methyl sites for hydroxylation is 1. The molecule has 1 spiro atoms. The molecule has 4 fully saturated rings. The number of anilines is 1. The Labute approximate surface area is 290 Å². The van der Waals surface area contributed by atoms with E-state index in [9.17, 15) is 13.6 Å². The number of alkyl halides is 2. The van der Waals surface area contributed by atoms with Crippen molar-refractivity contribution >= 4 is 33.5 Å². The summed E-state index contributed by atoms with van der Waals surface area (Å²) in [4.78, 5) is 28.9. The van der Waals surface area contributed by atoms with E-state index in [1.165, 1.54) is 6.08 Å². The maximum Gasteiger partial charge on any atom is 0.319 e. The van der Waals surface area contributed by atoms with E-state index in [-0.39, 0.29) is 29.4 Å². The normalized spacial score (nSPS) is 19.8. The van der Waals surface area contributed by atoms with Crippen molar-refractivity contribution in [3.8, 4) is 22.9 Å². The second-order valence-electron chi connectivity index (χ2n) is 14.6. The van der Waals surface area contributed by atoms with Gasteiger partial charge in [-0.2, -0.15) is 15.1 Å². The van der Waals surface area contributed by atoms with Crippen molar-refractivity contribution in [1.82, 2.24) is 30.0 Å². The molecule has 0 radical (unpaired) electrons. The van der Waals surface area contributed by atoms with Gasteiger partial charge < -0.3 is 24.2 Å². The van der Waals surface area contributed by atoms with Gasteiger partial charge in [0.25, 0.3) is 6.43 Å². The number of aromatic nitrogens is 4. The second-order valence-corrected chi connectivity index (χ2v) is 14.6. The van der Waals surface area contributed by atoms with Crippen LogP contribution in [0.4, 0.5) is 14.6 Å². The Balaban J connectivity index is 1.27. The van der Waals surface area contributed by atoms with E-state index < -0.39 is 13.0 Å². The number of carbonyl (C=O) groups excluding carboxylic acids is 1. The fourth-order valence-electron chi connectivity index (χ4n) is 8.28. The van der Waals surface area contributed by atoms with Gasteiger partial charge in [-0.1, -0.05) is 19.6 Å². The summed E-state index contributed by atoms with van der Waals surface area (Å²) in [6, 6.07) is 6.46. The summed E-state index contributed by atoms with van der Waals surface area (Å²) in [7, 11) is 0. The van der Waals surface area contributed by atoms with E-state index in [0.29, 0.717) is 11.3 Å². The highest BCUT2D eigenvalue weighted by Crippen LogP contribution is 2.53. The molecule has 5 heterocycles. The zero-order chi connectivity index (χ0) is 34.6. The molecule has 264 valence electrons. The summed E-state index contributed by atoms with van der Waals surface area (Å²) >= 11 is 0. The molecule has 50 heavy (non-hydrogen) atoms. The number of hydrogen-bond donors (Lipinski definition) is 1. The number of benzene rings is 2. The van der Waals surface area contributed by atoms with Gasteiger partial charge in [-0.3, -0.25) is 9.89 Å². The van der Waals surface area contributed by atoms with Gasteiger partial charge in [-0.05, 0) is 92.8 Å². The van der Waals surface area contributed by atoms with Crippen LogP contribution in [0.15, 0.2) is 37.1 Å². The van der Waals surface area contributed by atoms with E-state index in [4.69, 9.17) is 19.4 Å². The van der Waals surface area contributed by atoms with Gasteiger partial charge in [-0.25, -0.2) is 8.78 Å². The van der Waals surface area contributed by atoms with Crippen LogP contribution in [0.2, 0.25) is 0 Å². The number of ether oxygens (including phenoxy) is 2. The smallest absolute Gasteiger partial charge is 0.319 e. The largest absolute Gasteiger partial charge is 0.485 e. The number of carbonyl (C=O) groups is 1. The van der Waals surface area contributed by atoms with Crippen molar-refractivity contribution in [1.29, 1.82) is 0 Å². The molecule has 3 saturated heterocycles. The fourth-order valence-corrected chi connectivity index (χ4v) is 8.28. The number of halogens is 2. The Morgan fingerprint density at radius 2 is 1.84 bits per heavy atom. The molecule has 4 aliphatic rings. The van der Waals surface area contributed by atoms with Crippen molar-refractivity contribution in [3.63, 3.8) is 0 Å². The lowest BCUT2D eigenvalue weighted by atomic mass is 9.72. The molecule has 2 aromatic carbocycles. The quantitative estimate of drug-likeness (QED) is 0.190. The number of rotatable bonds is 10. The predicted molar refractivity (Wildman–Crippen MR) is 189 cm³/mol. The topological polar surface area (TPSA) is 99.7 Å². The Morgan fingerprint density at radius 1 is 1.08 bits per heavy atom. The van der Waals surface area contributed by atoms with Crippen LogP contribution in [-0.2, 0) is 4.79 Å². The highest BCUT2D eigenvalue weighted by Gasteiger charge is 2.46. The first kappa shape index (κ1) is 32.9. The van der Waals surface area contributed by atoms with Gasteiger partial charge >= 0.3 is 6.01 Å². The van der Waals surface area contributed by atoms with E-state index >= 15 is 0 Å². The third-order valence-corrected chi connectivity index (χ3v) is 11.3. The summed E-state index contributed by atoms with van der Waals surface area (Å²) in [5.41, 5.74) is 5.23. The van der Waals surface area contributed by atoms with Gasteiger partial charge in [-0.15, -0.1) is 0 Å². The van der Waals surface area contributed by atoms with Crippen LogP contribution in [0.1, 0.15) is 62.5 Å². The molecular weight excluding hydrogens is 640 g/mol. The zero-order valence-corrected chi connectivity index (χ0v) is 28.9. The molecule has 0 atom stereocenters. The fraction of sp³-hybridized carbons (Fsp3) is 0.526. The van der Waals surface area contributed by atoms with Crippen LogP contribution >= 0.6 is 0 Å². The third-order valence-electron chi connectivity index (χ3n) is 11.3. The number of likely N-dealkylation sites (tertiary alicyclic amines) is 2. The molecule has 12 heteroatoms. The Hall–Kier alpha value is -4.32. The van der Waals surface area contributed by atoms with Crippen LogP contribution in [0.25, 0.3) is 32.9 Å². The van der Waals surface area contributed by atoms with E-state index in [2.05, 4.69) is 39.6 Å². The summed E-state index contributed by atoms with van der Waals surface area (Å²) in [5, 5.41) is 9.10. The van der Waals surface area contributed by atoms with Crippen molar-refractivity contribution in [2.75, 3.05) is 57.3 Å². The van der Waals surface area contributed by atoms with Gasteiger partial charge in [0.15, 0.2) is 5.75 Å². The molecule has 1 N–H and O–H groups in total. The lowest BCUT2D eigenvalue weighted by Gasteiger charge is -2.54. The molecule has 0 bridgehead atoms. The summed E-state index contributed by atoms with van der Waals surface area (Å²) in [5.74, 6) is 1.34. The van der Waals surface area contributed by atoms with E-state index in [0.717, 1.165) is 129 Å².